The first kappa shape index (κ1) is 13.4. The first-order valence-electron chi connectivity index (χ1n) is 4.38. The molecule has 3 N–H and O–H groups in total. The second-order valence-electron chi connectivity index (χ2n) is 3.10. The number of halogens is 2. The van der Waals surface area contributed by atoms with Crippen molar-refractivity contribution in [3.05, 3.63) is 22.7 Å². The summed E-state index contributed by atoms with van der Waals surface area (Å²) in [7, 11) is 1.51. The fraction of sp³-hybridized carbons (Fsp3) is 0.333. The van der Waals surface area contributed by atoms with Gasteiger partial charge in [-0.3, -0.25) is 0 Å². The minimum atomic E-state index is 0.0472. The first-order valence-corrected chi connectivity index (χ1v) is 8.53. The molecule has 0 radical (unpaired) electrons. The van der Waals surface area contributed by atoms with Gasteiger partial charge < -0.3 is 15.1 Å². The van der Waals surface area contributed by atoms with E-state index in [1.807, 2.05) is 25.1 Å². The zero-order valence-corrected chi connectivity index (χ0v) is 12.7. The monoisotopic (exact) mass is 402 g/mol. The van der Waals surface area contributed by atoms with Gasteiger partial charge in [0.2, 0.25) is 0 Å². The molecular formula is C9H12BrIN2OS. The van der Waals surface area contributed by atoms with Crippen LogP contribution in [-0.2, 0) is 0 Å². The Labute approximate surface area is 114 Å². The second-order valence-corrected chi connectivity index (χ2v) is 5.69. The molecule has 1 aromatic carbocycles. The summed E-state index contributed by atoms with van der Waals surface area (Å²) in [6.07, 6.45) is 0. The molecule has 1 aromatic rings. The fourth-order valence-corrected chi connectivity index (χ4v) is 2.40. The van der Waals surface area contributed by atoms with Crippen molar-refractivity contribution in [3.8, 4) is 0 Å². The minimum absolute atomic E-state index is 0.0472. The molecule has 15 heavy (non-hydrogen) atoms. The van der Waals surface area contributed by atoms with Gasteiger partial charge in [0.1, 0.15) is 0 Å². The molecule has 0 aliphatic carbocycles. The molecule has 0 heterocycles. The van der Waals surface area contributed by atoms with Crippen molar-refractivity contribution in [3.63, 3.8) is 0 Å². The van der Waals surface area contributed by atoms with Crippen molar-refractivity contribution in [2.45, 2.75) is 13.0 Å². The maximum Gasteiger partial charge on any atom is 0.0692 e. The number of hydrogen-bond acceptors (Lipinski definition) is 4. The molecule has 1 rings (SSSR count). The van der Waals surface area contributed by atoms with Crippen molar-refractivity contribution in [2.75, 3.05) is 16.6 Å². The lowest BCUT2D eigenvalue weighted by Crippen LogP contribution is -2.19. The van der Waals surface area contributed by atoms with Crippen LogP contribution in [0.15, 0.2) is 22.7 Å². The predicted octanol–water partition coefficient (Wildman–Crippen LogP) is 3.65. The average Bonchev–Trinajstić information content (AvgIpc) is 2.22. The lowest BCUT2D eigenvalue weighted by atomic mass is 10.2. The van der Waals surface area contributed by atoms with Gasteiger partial charge in [-0.15, -0.1) is 0 Å². The summed E-state index contributed by atoms with van der Waals surface area (Å²) in [6.45, 7) is 2.05. The second kappa shape index (κ2) is 6.82. The van der Waals surface area contributed by atoms with Gasteiger partial charge in [0.15, 0.2) is 0 Å². The number of rotatable bonds is 5. The Morgan fingerprint density at radius 2 is 2.27 bits per heavy atom. The van der Waals surface area contributed by atoms with E-state index in [2.05, 4.69) is 47.2 Å². The Balaban J connectivity index is 2.85. The van der Waals surface area contributed by atoms with Crippen LogP contribution >= 0.6 is 46.3 Å². The van der Waals surface area contributed by atoms with Crippen molar-refractivity contribution < 1.29 is 5.11 Å². The molecule has 0 saturated carbocycles. The molecule has 84 valence electrons. The highest BCUT2D eigenvalue weighted by Crippen LogP contribution is 2.30. The smallest absolute Gasteiger partial charge is 0.0692 e. The van der Waals surface area contributed by atoms with Crippen LogP contribution in [0.25, 0.3) is 0 Å². The molecule has 0 bridgehead atoms. The molecule has 1 atom stereocenters. The molecular weight excluding hydrogens is 391 g/mol. The fourth-order valence-electron chi connectivity index (χ4n) is 1.08. The topological polar surface area (TPSA) is 44.3 Å². The maximum absolute atomic E-state index is 8.97. The number of nitrogens with one attached hydrogen (secondary N) is 2. The van der Waals surface area contributed by atoms with Gasteiger partial charge in [-0.05, 0) is 25.1 Å². The molecule has 0 aliphatic rings. The number of aliphatic hydroxyl groups is 1. The van der Waals surface area contributed by atoms with Crippen LogP contribution in [0.1, 0.15) is 6.92 Å². The zero-order valence-electron chi connectivity index (χ0n) is 8.13. The summed E-state index contributed by atoms with van der Waals surface area (Å²) in [5.74, 6) is 0. The van der Waals surface area contributed by atoms with E-state index in [4.69, 9.17) is 5.11 Å². The Morgan fingerprint density at radius 1 is 1.53 bits per heavy atom. The standard InChI is InChI=1S/C9H12BrIN2OS/c1-6(5-14)12-8-3-2-7(10)4-9(8)13-15-11/h2-4,6,12-14H,5H2,1H3. The van der Waals surface area contributed by atoms with Crippen LogP contribution < -0.4 is 10.0 Å². The van der Waals surface area contributed by atoms with E-state index in [-0.39, 0.29) is 12.6 Å². The van der Waals surface area contributed by atoms with Crippen LogP contribution in [-0.4, -0.2) is 17.8 Å². The summed E-state index contributed by atoms with van der Waals surface area (Å²) < 4.78 is 4.20. The van der Waals surface area contributed by atoms with Gasteiger partial charge >= 0.3 is 0 Å². The molecule has 0 spiro atoms. The van der Waals surface area contributed by atoms with Crippen LogP contribution in [0.4, 0.5) is 11.4 Å². The summed E-state index contributed by atoms with van der Waals surface area (Å²) in [6, 6.07) is 5.99. The highest BCUT2D eigenvalue weighted by molar-refractivity contribution is 14.2. The van der Waals surface area contributed by atoms with Crippen LogP contribution in [0, 0.1) is 0 Å². The third-order valence-corrected chi connectivity index (χ3v) is 3.26. The lowest BCUT2D eigenvalue weighted by molar-refractivity contribution is 0.281. The minimum Gasteiger partial charge on any atom is -0.394 e. The highest BCUT2D eigenvalue weighted by atomic mass is 127. The maximum atomic E-state index is 8.97. The Kier molecular flexibility index (Phi) is 6.10. The third kappa shape index (κ3) is 4.38. The van der Waals surface area contributed by atoms with E-state index in [0.717, 1.165) is 15.8 Å². The van der Waals surface area contributed by atoms with Crippen LogP contribution in [0.5, 0.6) is 0 Å². The van der Waals surface area contributed by atoms with E-state index in [0.29, 0.717) is 0 Å². The van der Waals surface area contributed by atoms with Gasteiger partial charge in [0.25, 0.3) is 0 Å². The Hall–Kier alpha value is 0.340. The van der Waals surface area contributed by atoms with Gasteiger partial charge in [-0.25, -0.2) is 0 Å². The zero-order chi connectivity index (χ0) is 11.3. The van der Waals surface area contributed by atoms with E-state index < -0.39 is 0 Å². The Bertz CT molecular complexity index is 327. The molecule has 0 saturated heterocycles. The van der Waals surface area contributed by atoms with Crippen molar-refractivity contribution in [2.24, 2.45) is 0 Å². The summed E-state index contributed by atoms with van der Waals surface area (Å²) >= 11 is 5.60. The van der Waals surface area contributed by atoms with E-state index in [1.54, 1.807) is 0 Å². The van der Waals surface area contributed by atoms with E-state index in [1.165, 1.54) is 9.12 Å². The van der Waals surface area contributed by atoms with Gasteiger partial charge in [0.05, 0.1) is 18.0 Å². The number of aliphatic hydroxyl groups excluding tert-OH is 1. The van der Waals surface area contributed by atoms with E-state index in [9.17, 15) is 0 Å². The number of benzene rings is 1. The Morgan fingerprint density at radius 3 is 2.87 bits per heavy atom. The van der Waals surface area contributed by atoms with Crippen molar-refractivity contribution in [1.82, 2.24) is 0 Å². The predicted molar refractivity (Wildman–Crippen MR) is 79.5 cm³/mol. The molecule has 6 heteroatoms. The number of hydrogen-bond donors (Lipinski definition) is 3. The van der Waals surface area contributed by atoms with Gasteiger partial charge in [-0.2, -0.15) is 0 Å². The molecule has 0 aromatic heterocycles. The third-order valence-electron chi connectivity index (χ3n) is 1.81. The normalized spacial score (nSPS) is 12.3. The van der Waals surface area contributed by atoms with Crippen LogP contribution in [0.3, 0.4) is 0 Å². The molecule has 0 amide bonds. The molecule has 0 aliphatic heterocycles. The van der Waals surface area contributed by atoms with Crippen LogP contribution in [0.2, 0.25) is 0 Å². The molecule has 0 fully saturated rings. The highest BCUT2D eigenvalue weighted by Gasteiger charge is 2.05. The average molecular weight is 403 g/mol. The molecule has 3 nitrogen and oxygen atoms in total. The summed E-state index contributed by atoms with van der Waals surface area (Å²) in [5, 5.41) is 12.2. The SMILES string of the molecule is CC(CO)Nc1ccc(Br)cc1NSI. The van der Waals surface area contributed by atoms with Gasteiger partial charge in [0, 0.05) is 40.8 Å². The van der Waals surface area contributed by atoms with Crippen molar-refractivity contribution >= 4 is 57.6 Å². The largest absolute Gasteiger partial charge is 0.394 e. The number of anilines is 2. The summed E-state index contributed by atoms with van der Waals surface area (Å²) in [5.41, 5.74) is 1.99. The first-order chi connectivity index (χ1) is 7.17. The lowest BCUT2D eigenvalue weighted by Gasteiger charge is -2.16. The molecule has 1 unspecified atom stereocenters. The van der Waals surface area contributed by atoms with E-state index >= 15 is 0 Å². The van der Waals surface area contributed by atoms with Crippen molar-refractivity contribution in [1.29, 1.82) is 0 Å². The summed E-state index contributed by atoms with van der Waals surface area (Å²) in [4.78, 5) is 0. The van der Waals surface area contributed by atoms with Gasteiger partial charge in [-0.1, -0.05) is 15.9 Å². The quantitative estimate of drug-likeness (QED) is 0.519.